The normalized spacial score (nSPS) is 11.1. The van der Waals surface area contributed by atoms with Gasteiger partial charge < -0.3 is 14.8 Å². The van der Waals surface area contributed by atoms with E-state index in [4.69, 9.17) is 9.47 Å². The van der Waals surface area contributed by atoms with Crippen molar-refractivity contribution < 1.29 is 32.2 Å². The molecule has 0 spiro atoms. The van der Waals surface area contributed by atoms with Gasteiger partial charge in [-0.2, -0.15) is 13.2 Å². The third kappa shape index (κ3) is 6.23. The molecule has 0 bridgehead atoms. The number of carbonyl (C=O) groups excluding carboxylic acids is 2. The predicted octanol–water partition coefficient (Wildman–Crippen LogP) is 4.91. The van der Waals surface area contributed by atoms with Crippen molar-refractivity contribution in [1.29, 1.82) is 0 Å². The average molecular weight is 409 g/mol. The Bertz CT molecular complexity index is 894. The van der Waals surface area contributed by atoms with Gasteiger partial charge in [-0.25, -0.2) is 4.79 Å². The summed E-state index contributed by atoms with van der Waals surface area (Å²) in [5, 5.41) is 2.32. The van der Waals surface area contributed by atoms with Crippen molar-refractivity contribution in [3.8, 4) is 5.75 Å². The third-order valence-corrected chi connectivity index (χ3v) is 3.99. The van der Waals surface area contributed by atoms with Crippen molar-refractivity contribution in [2.24, 2.45) is 0 Å². The predicted molar refractivity (Wildman–Crippen MR) is 102 cm³/mol. The van der Waals surface area contributed by atoms with Gasteiger partial charge in [0.2, 0.25) is 0 Å². The van der Waals surface area contributed by atoms with Crippen LogP contribution in [0.2, 0.25) is 0 Å². The van der Waals surface area contributed by atoms with Gasteiger partial charge in [0.1, 0.15) is 5.75 Å². The third-order valence-electron chi connectivity index (χ3n) is 3.99. The summed E-state index contributed by atoms with van der Waals surface area (Å²) in [5.74, 6) is -1.36. The molecule has 0 heterocycles. The summed E-state index contributed by atoms with van der Waals surface area (Å²) in [4.78, 5) is 24.4. The summed E-state index contributed by atoms with van der Waals surface area (Å²) in [6.45, 7) is 5.02. The number of aryl methyl sites for hydroxylation is 2. The molecule has 0 radical (unpaired) electrons. The Kier molecular flexibility index (Phi) is 7.25. The molecule has 2 aromatic rings. The molecule has 156 valence electrons. The van der Waals surface area contributed by atoms with Crippen molar-refractivity contribution >= 4 is 17.6 Å². The van der Waals surface area contributed by atoms with Gasteiger partial charge in [-0.05, 0) is 50.1 Å². The number of benzene rings is 2. The second kappa shape index (κ2) is 9.45. The molecule has 0 saturated carbocycles. The summed E-state index contributed by atoms with van der Waals surface area (Å²) in [6, 6.07) is 8.04. The van der Waals surface area contributed by atoms with Crippen LogP contribution in [0, 0.1) is 13.8 Å². The van der Waals surface area contributed by atoms with Gasteiger partial charge in [-0.3, -0.25) is 4.79 Å². The first-order chi connectivity index (χ1) is 13.6. The van der Waals surface area contributed by atoms with Crippen LogP contribution in [0.3, 0.4) is 0 Å². The highest BCUT2D eigenvalue weighted by molar-refractivity contribution is 5.97. The van der Waals surface area contributed by atoms with Gasteiger partial charge in [0.25, 0.3) is 5.91 Å². The largest absolute Gasteiger partial charge is 0.491 e. The lowest BCUT2D eigenvalue weighted by Crippen LogP contribution is -2.22. The van der Waals surface area contributed by atoms with Gasteiger partial charge in [0, 0.05) is 0 Å². The van der Waals surface area contributed by atoms with Crippen LogP contribution in [0.4, 0.5) is 18.9 Å². The van der Waals surface area contributed by atoms with E-state index < -0.39 is 30.2 Å². The van der Waals surface area contributed by atoms with Gasteiger partial charge in [0.05, 0.1) is 23.4 Å². The number of esters is 1. The first-order valence-corrected chi connectivity index (χ1v) is 9.00. The summed E-state index contributed by atoms with van der Waals surface area (Å²) in [5.41, 5.74) is 0.803. The fraction of sp³-hybridized carbons (Fsp3) is 0.333. The highest BCUT2D eigenvalue weighted by atomic mass is 19.4. The van der Waals surface area contributed by atoms with Crippen LogP contribution in [0.5, 0.6) is 5.75 Å². The molecule has 2 rings (SSSR count). The molecule has 0 unspecified atom stereocenters. The van der Waals surface area contributed by atoms with E-state index in [0.717, 1.165) is 23.8 Å². The Balaban J connectivity index is 2.10. The van der Waals surface area contributed by atoms with E-state index in [1.54, 1.807) is 19.1 Å². The van der Waals surface area contributed by atoms with Gasteiger partial charge >= 0.3 is 12.1 Å². The van der Waals surface area contributed by atoms with Gasteiger partial charge in [0.15, 0.2) is 6.61 Å². The highest BCUT2D eigenvalue weighted by Crippen LogP contribution is 2.35. The maximum absolute atomic E-state index is 13.0. The van der Waals surface area contributed by atoms with Crippen LogP contribution in [0.1, 0.15) is 40.4 Å². The maximum Gasteiger partial charge on any atom is 0.416 e. The Hall–Kier alpha value is -3.03. The van der Waals surface area contributed by atoms with Crippen molar-refractivity contribution in [3.63, 3.8) is 0 Å². The minimum Gasteiger partial charge on any atom is -0.491 e. The molecule has 0 aliphatic carbocycles. The van der Waals surface area contributed by atoms with E-state index in [-0.39, 0.29) is 18.0 Å². The summed E-state index contributed by atoms with van der Waals surface area (Å²) in [7, 11) is 0. The van der Waals surface area contributed by atoms with Crippen LogP contribution in [0.25, 0.3) is 0 Å². The fourth-order valence-corrected chi connectivity index (χ4v) is 2.49. The molecule has 0 aliphatic rings. The molecule has 0 atom stereocenters. The molecule has 0 aromatic heterocycles. The first kappa shape index (κ1) is 22.3. The number of alkyl halides is 3. The summed E-state index contributed by atoms with van der Waals surface area (Å²) < 4.78 is 49.3. The van der Waals surface area contributed by atoms with E-state index >= 15 is 0 Å². The number of ether oxygens (including phenoxy) is 2. The van der Waals surface area contributed by atoms with Gasteiger partial charge in [-0.1, -0.05) is 24.6 Å². The molecular weight excluding hydrogens is 387 g/mol. The number of carbonyl (C=O) groups is 2. The molecule has 0 saturated heterocycles. The minimum atomic E-state index is -4.57. The van der Waals surface area contributed by atoms with E-state index in [0.29, 0.717) is 17.5 Å². The Morgan fingerprint density at radius 3 is 2.45 bits per heavy atom. The molecule has 1 amide bonds. The van der Waals surface area contributed by atoms with E-state index in [1.807, 2.05) is 19.9 Å². The average Bonchev–Trinajstić information content (AvgIpc) is 2.66. The Labute approximate surface area is 166 Å². The molecule has 29 heavy (non-hydrogen) atoms. The van der Waals surface area contributed by atoms with Crippen molar-refractivity contribution in [2.75, 3.05) is 18.5 Å². The zero-order chi connectivity index (χ0) is 21.6. The Morgan fingerprint density at radius 1 is 1.07 bits per heavy atom. The quantitative estimate of drug-likeness (QED) is 0.660. The number of hydrogen-bond acceptors (Lipinski definition) is 4. The number of anilines is 1. The standard InChI is InChI=1S/C21H22F3NO4/c1-4-9-28-18-8-7-15(21(22,23)24)11-17(18)25-19(26)12-29-20(27)16-10-13(2)5-6-14(16)3/h5-8,10-11H,4,9,12H2,1-3H3,(H,25,26). The van der Waals surface area contributed by atoms with Crippen LogP contribution < -0.4 is 10.1 Å². The Morgan fingerprint density at radius 2 is 1.79 bits per heavy atom. The summed E-state index contributed by atoms with van der Waals surface area (Å²) >= 11 is 0. The van der Waals surface area contributed by atoms with E-state index in [1.165, 1.54) is 0 Å². The summed E-state index contributed by atoms with van der Waals surface area (Å²) in [6.07, 6.45) is -3.93. The fourth-order valence-electron chi connectivity index (χ4n) is 2.49. The number of halogens is 3. The van der Waals surface area contributed by atoms with Crippen molar-refractivity contribution in [3.05, 3.63) is 58.7 Å². The zero-order valence-corrected chi connectivity index (χ0v) is 16.4. The second-order valence-corrected chi connectivity index (χ2v) is 6.50. The van der Waals surface area contributed by atoms with Crippen LogP contribution in [-0.2, 0) is 15.7 Å². The van der Waals surface area contributed by atoms with Crippen molar-refractivity contribution in [1.82, 2.24) is 0 Å². The van der Waals surface area contributed by atoms with E-state index in [9.17, 15) is 22.8 Å². The van der Waals surface area contributed by atoms with Crippen LogP contribution >= 0.6 is 0 Å². The molecule has 8 heteroatoms. The SMILES string of the molecule is CCCOc1ccc(C(F)(F)F)cc1NC(=O)COC(=O)c1cc(C)ccc1C. The lowest BCUT2D eigenvalue weighted by atomic mass is 10.1. The van der Waals surface area contributed by atoms with Gasteiger partial charge in [-0.15, -0.1) is 0 Å². The van der Waals surface area contributed by atoms with Crippen LogP contribution in [-0.4, -0.2) is 25.1 Å². The molecule has 0 fully saturated rings. The molecule has 2 aromatic carbocycles. The van der Waals surface area contributed by atoms with E-state index in [2.05, 4.69) is 5.32 Å². The molecular formula is C21H22F3NO4. The lowest BCUT2D eigenvalue weighted by Gasteiger charge is -2.15. The van der Waals surface area contributed by atoms with Crippen LogP contribution in [0.15, 0.2) is 36.4 Å². The molecule has 0 aliphatic heterocycles. The first-order valence-electron chi connectivity index (χ1n) is 9.00. The topological polar surface area (TPSA) is 64.6 Å². The van der Waals surface area contributed by atoms with Crippen molar-refractivity contribution in [2.45, 2.75) is 33.4 Å². The smallest absolute Gasteiger partial charge is 0.416 e. The second-order valence-electron chi connectivity index (χ2n) is 6.50. The number of nitrogens with one attached hydrogen (secondary N) is 1. The number of rotatable bonds is 7. The minimum absolute atomic E-state index is 0.106. The zero-order valence-electron chi connectivity index (χ0n) is 16.4. The maximum atomic E-state index is 13.0. The highest BCUT2D eigenvalue weighted by Gasteiger charge is 2.31. The number of amides is 1. The monoisotopic (exact) mass is 409 g/mol. The molecule has 1 N–H and O–H groups in total. The number of hydrogen-bond donors (Lipinski definition) is 1. The molecule has 5 nitrogen and oxygen atoms in total. The lowest BCUT2D eigenvalue weighted by molar-refractivity contribution is -0.137.